The maximum Gasteiger partial charge on any atom is 0.303 e. The van der Waals surface area contributed by atoms with Crippen LogP contribution in [0.25, 0.3) is 11.1 Å². The molecule has 0 radical (unpaired) electrons. The molecule has 3 amide bonds. The first-order valence-electron chi connectivity index (χ1n) is 23.5. The molecule has 0 spiro atoms. The summed E-state index contributed by atoms with van der Waals surface area (Å²) in [6, 6.07) is 18.4. The molecule has 1 fully saturated rings. The third-order valence-corrected chi connectivity index (χ3v) is 11.8. The van der Waals surface area contributed by atoms with Gasteiger partial charge < -0.3 is 46.9 Å². The number of nitrogens with one attached hydrogen (secondary N) is 3. The van der Waals surface area contributed by atoms with Crippen molar-refractivity contribution < 1.29 is 38.1 Å². The highest BCUT2D eigenvalue weighted by atomic mass is 19.1. The fourth-order valence-corrected chi connectivity index (χ4v) is 8.26. The smallest absolute Gasteiger partial charge is 0.303 e. The summed E-state index contributed by atoms with van der Waals surface area (Å²) in [5, 5.41) is 26.9. The molecule has 1 atom stereocenters. The van der Waals surface area contributed by atoms with Crippen molar-refractivity contribution in [2.75, 3.05) is 59.5 Å². The summed E-state index contributed by atoms with van der Waals surface area (Å²) in [5.41, 5.74) is 15.5. The molecule has 364 valence electrons. The Morgan fingerprint density at radius 1 is 0.866 bits per heavy atom. The second-order valence-corrected chi connectivity index (χ2v) is 18.2. The van der Waals surface area contributed by atoms with E-state index < -0.39 is 5.97 Å². The molecule has 1 aliphatic carbocycles. The Kier molecular flexibility index (Phi) is 20.5. The topological polar surface area (TPSA) is 229 Å². The van der Waals surface area contributed by atoms with Crippen LogP contribution in [-0.4, -0.2) is 108 Å². The number of nitrogens with two attached hydrogens (primary N) is 2. The molecule has 0 unspecified atom stereocenters. The van der Waals surface area contributed by atoms with Crippen molar-refractivity contribution in [2.24, 2.45) is 22.8 Å². The highest BCUT2D eigenvalue weighted by Crippen LogP contribution is 2.45. The molecular formula is C50H70FN9O7. The molecule has 0 saturated heterocycles. The first-order valence-corrected chi connectivity index (χ1v) is 23.5. The number of benzene rings is 3. The van der Waals surface area contributed by atoms with Crippen LogP contribution in [0.5, 0.6) is 11.5 Å². The maximum atomic E-state index is 15.5. The van der Waals surface area contributed by atoms with Gasteiger partial charge in [-0.1, -0.05) is 49.4 Å². The maximum absolute atomic E-state index is 15.5. The van der Waals surface area contributed by atoms with Crippen molar-refractivity contribution >= 4 is 23.7 Å². The third-order valence-electron chi connectivity index (χ3n) is 11.8. The lowest BCUT2D eigenvalue weighted by Gasteiger charge is -2.26. The molecule has 0 aliphatic heterocycles. The lowest BCUT2D eigenvalue weighted by Crippen LogP contribution is -2.40. The number of halogens is 1. The van der Waals surface area contributed by atoms with Crippen LogP contribution in [0.2, 0.25) is 0 Å². The number of nitrogens with zero attached hydrogens (tertiary/aromatic N) is 4. The molecule has 4 aromatic rings. The molecule has 3 aromatic carbocycles. The van der Waals surface area contributed by atoms with E-state index in [1.54, 1.807) is 19.2 Å². The second-order valence-electron chi connectivity index (χ2n) is 18.2. The number of aliphatic carboxylic acids is 1. The van der Waals surface area contributed by atoms with Gasteiger partial charge in [0.15, 0.2) is 0 Å². The largest absolute Gasteiger partial charge is 0.497 e. The Bertz CT molecular complexity index is 2210. The molecule has 16 nitrogen and oxygen atoms in total. The summed E-state index contributed by atoms with van der Waals surface area (Å²) in [7, 11) is 1.56. The van der Waals surface area contributed by atoms with Crippen molar-refractivity contribution in [1.82, 2.24) is 35.8 Å². The minimum atomic E-state index is -0.803. The zero-order valence-electron chi connectivity index (χ0n) is 39.4. The van der Waals surface area contributed by atoms with Gasteiger partial charge in [0.2, 0.25) is 17.7 Å². The SMILES string of the molecule is COc1ccc(F)c(-c2ccc(COc3cccc([C@@H](CC(=O)O)C4CC4)c3)cc2CC(C)(C)Cn2cc(CCCCC(=O)NCCN(CCC(=O)NCCN)CCC(=O)NCCN)nn2)c1. The number of carboxylic acid groups (broad SMARTS) is 1. The van der Waals surface area contributed by atoms with Gasteiger partial charge in [-0.25, -0.2) is 4.39 Å². The number of aromatic nitrogens is 3. The van der Waals surface area contributed by atoms with Crippen molar-refractivity contribution in [3.63, 3.8) is 0 Å². The summed E-state index contributed by atoms with van der Waals surface area (Å²) in [5.74, 6) is 0.105. The Morgan fingerprint density at radius 2 is 1.57 bits per heavy atom. The number of carbonyl (C=O) groups excluding carboxylic acids is 3. The van der Waals surface area contributed by atoms with Crippen LogP contribution in [0.4, 0.5) is 4.39 Å². The molecule has 1 aliphatic rings. The molecule has 8 N–H and O–H groups in total. The number of hydrogen-bond acceptors (Lipinski definition) is 11. The molecule has 67 heavy (non-hydrogen) atoms. The summed E-state index contributed by atoms with van der Waals surface area (Å²) in [6.45, 7) is 8.37. The predicted molar refractivity (Wildman–Crippen MR) is 255 cm³/mol. The molecule has 1 saturated carbocycles. The van der Waals surface area contributed by atoms with E-state index in [-0.39, 0.29) is 60.7 Å². The molecule has 5 rings (SSSR count). The second kappa shape index (κ2) is 26.4. The number of carbonyl (C=O) groups is 4. The average molecular weight is 928 g/mol. The lowest BCUT2D eigenvalue weighted by molar-refractivity contribution is -0.137. The first-order chi connectivity index (χ1) is 32.2. The van der Waals surface area contributed by atoms with Gasteiger partial charge in [0, 0.05) is 89.9 Å². The molecular weight excluding hydrogens is 858 g/mol. The van der Waals surface area contributed by atoms with Crippen molar-refractivity contribution in [2.45, 2.75) is 97.1 Å². The van der Waals surface area contributed by atoms with Crippen molar-refractivity contribution in [3.05, 3.63) is 95.1 Å². The van der Waals surface area contributed by atoms with E-state index in [0.29, 0.717) is 108 Å². The third kappa shape index (κ3) is 18.0. The van der Waals surface area contributed by atoms with E-state index in [9.17, 15) is 24.3 Å². The normalized spacial score (nSPS) is 13.0. The van der Waals surface area contributed by atoms with E-state index in [2.05, 4.69) is 46.2 Å². The number of hydrogen-bond donors (Lipinski definition) is 6. The van der Waals surface area contributed by atoms with Gasteiger partial charge in [-0.05, 0) is 108 Å². The summed E-state index contributed by atoms with van der Waals surface area (Å²) in [6.07, 6.45) is 7.63. The van der Waals surface area contributed by atoms with Gasteiger partial charge in [0.1, 0.15) is 23.9 Å². The van der Waals surface area contributed by atoms with Gasteiger partial charge in [0.05, 0.1) is 19.2 Å². The minimum absolute atomic E-state index is 0.0382. The molecule has 1 heterocycles. The standard InChI is InChI=1S/C50H70FN9O7/c1-50(2,34-60-32-39(57-58-60)8-4-5-10-46(61)56-23-26-59(24-17-47(62)54-21-19-52)25-18-48(63)55-22-20-53)31-38-27-35(11-15-42(38)44-29-40(66-3)14-16-45(44)51)33-67-41-9-6-7-37(28-41)43(30-49(64)65)36-12-13-36/h6-7,9,11,14-16,27-29,32,36,43H,4-5,8,10,12-13,17-26,30-31,33-34,52-53H2,1-3H3,(H,54,62)(H,55,63)(H,56,61)(H,64,65)/t43-/m0/s1. The zero-order valence-corrected chi connectivity index (χ0v) is 39.4. The summed E-state index contributed by atoms with van der Waals surface area (Å²) in [4.78, 5) is 50.6. The Labute approximate surface area is 393 Å². The Balaban J connectivity index is 1.14. The highest BCUT2D eigenvalue weighted by Gasteiger charge is 2.34. The highest BCUT2D eigenvalue weighted by molar-refractivity contribution is 5.77. The fourth-order valence-electron chi connectivity index (χ4n) is 8.26. The summed E-state index contributed by atoms with van der Waals surface area (Å²) < 4.78 is 29.1. The molecule has 1 aromatic heterocycles. The number of aryl methyl sites for hydroxylation is 1. The van der Waals surface area contributed by atoms with E-state index >= 15 is 4.39 Å². The van der Waals surface area contributed by atoms with E-state index in [1.807, 2.05) is 52.2 Å². The van der Waals surface area contributed by atoms with Crippen LogP contribution < -0.4 is 36.9 Å². The first kappa shape index (κ1) is 52.1. The average Bonchev–Trinajstić information content (AvgIpc) is 4.06. The monoisotopic (exact) mass is 928 g/mol. The minimum Gasteiger partial charge on any atom is -0.497 e. The van der Waals surface area contributed by atoms with Crippen LogP contribution in [0, 0.1) is 17.2 Å². The summed E-state index contributed by atoms with van der Waals surface area (Å²) >= 11 is 0. The van der Waals surface area contributed by atoms with Gasteiger partial charge in [-0.2, -0.15) is 0 Å². The van der Waals surface area contributed by atoms with Crippen molar-refractivity contribution in [1.29, 1.82) is 0 Å². The Hall–Kier alpha value is -5.91. The van der Waals surface area contributed by atoms with Gasteiger partial charge in [-0.3, -0.25) is 23.9 Å². The zero-order chi connectivity index (χ0) is 48.2. The van der Waals surface area contributed by atoms with Gasteiger partial charge in [-0.15, -0.1) is 5.10 Å². The Morgan fingerprint density at radius 3 is 2.24 bits per heavy atom. The van der Waals surface area contributed by atoms with E-state index in [1.165, 1.54) is 6.07 Å². The van der Waals surface area contributed by atoms with Crippen LogP contribution in [0.1, 0.15) is 93.5 Å². The fraction of sp³-hybridized carbons (Fsp3) is 0.520. The van der Waals surface area contributed by atoms with E-state index in [4.69, 9.17) is 20.9 Å². The number of amides is 3. The van der Waals surface area contributed by atoms with Crippen molar-refractivity contribution in [3.8, 4) is 22.6 Å². The van der Waals surface area contributed by atoms with E-state index in [0.717, 1.165) is 47.2 Å². The van der Waals surface area contributed by atoms with Crippen LogP contribution in [-0.2, 0) is 45.2 Å². The number of carboxylic acids is 1. The quantitative estimate of drug-likeness (QED) is 0.0368. The van der Waals surface area contributed by atoms with Crippen LogP contribution in [0.15, 0.2) is 66.9 Å². The molecule has 0 bridgehead atoms. The number of ether oxygens (including phenoxy) is 2. The van der Waals surface area contributed by atoms with Gasteiger partial charge >= 0.3 is 5.97 Å². The lowest BCUT2D eigenvalue weighted by atomic mass is 9.82. The predicted octanol–water partition coefficient (Wildman–Crippen LogP) is 4.97. The number of rotatable bonds is 31. The number of unbranched alkanes of at least 4 members (excludes halogenated alkanes) is 1. The molecule has 17 heteroatoms. The van der Waals surface area contributed by atoms with Gasteiger partial charge in [0.25, 0.3) is 0 Å². The van der Waals surface area contributed by atoms with Crippen LogP contribution in [0.3, 0.4) is 0 Å². The number of methoxy groups -OCH3 is 1. The van der Waals surface area contributed by atoms with Crippen LogP contribution >= 0.6 is 0 Å².